The van der Waals surface area contributed by atoms with Crippen LogP contribution in [0, 0.1) is 5.82 Å². The maximum absolute atomic E-state index is 13.1. The number of carbonyl (C=O) groups is 2. The van der Waals surface area contributed by atoms with Crippen molar-refractivity contribution in [2.45, 2.75) is 12.6 Å². The zero-order valence-corrected chi connectivity index (χ0v) is 8.71. The molecule has 0 saturated carbocycles. The quantitative estimate of drug-likeness (QED) is 0.650. The molecule has 0 bridgehead atoms. The number of carboxylic acid groups (broad SMARTS) is 1. The van der Waals surface area contributed by atoms with E-state index >= 15 is 0 Å². The van der Waals surface area contributed by atoms with E-state index in [9.17, 15) is 27.2 Å². The van der Waals surface area contributed by atoms with Crippen molar-refractivity contribution in [3.8, 4) is 0 Å². The minimum Gasteiger partial charge on any atom is -0.481 e. The fourth-order valence-corrected chi connectivity index (χ4v) is 1.13. The highest BCUT2D eigenvalue weighted by atomic mass is 19.4. The first-order valence-corrected chi connectivity index (χ1v) is 4.58. The van der Waals surface area contributed by atoms with Crippen LogP contribution in [0.1, 0.15) is 12.0 Å². The molecule has 0 unspecified atom stereocenters. The largest absolute Gasteiger partial charge is 0.481 e. The molecule has 0 fully saturated rings. The average molecular weight is 265 g/mol. The molecule has 1 aromatic carbocycles. The number of benzene rings is 1. The Balaban J connectivity index is 2.95. The number of alkyl halides is 3. The second-order valence-corrected chi connectivity index (χ2v) is 3.31. The van der Waals surface area contributed by atoms with E-state index in [0.717, 1.165) is 0 Å². The molecule has 0 radical (unpaired) electrons. The summed E-state index contributed by atoms with van der Waals surface area (Å²) in [5.41, 5.74) is -1.86. The summed E-state index contributed by atoms with van der Waals surface area (Å²) in [6, 6.07) is 1.45. The van der Waals surface area contributed by atoms with Gasteiger partial charge in [-0.25, -0.2) is 4.39 Å². The zero-order chi connectivity index (χ0) is 13.9. The maximum Gasteiger partial charge on any atom is 0.416 e. The van der Waals surface area contributed by atoms with Crippen molar-refractivity contribution < 1.29 is 32.3 Å². The summed E-state index contributed by atoms with van der Waals surface area (Å²) in [6.45, 7) is 0. The number of anilines is 1. The van der Waals surface area contributed by atoms with Gasteiger partial charge in [-0.3, -0.25) is 9.59 Å². The van der Waals surface area contributed by atoms with Gasteiger partial charge in [-0.1, -0.05) is 0 Å². The second-order valence-electron chi connectivity index (χ2n) is 3.31. The predicted octanol–water partition coefficient (Wildman–Crippen LogP) is 2.26. The van der Waals surface area contributed by atoms with Crippen LogP contribution in [0.25, 0.3) is 0 Å². The molecule has 1 rings (SSSR count). The van der Waals surface area contributed by atoms with Crippen molar-refractivity contribution >= 4 is 17.6 Å². The van der Waals surface area contributed by atoms with Gasteiger partial charge in [-0.2, -0.15) is 13.2 Å². The molecular formula is C10H7F4NO3. The van der Waals surface area contributed by atoms with Gasteiger partial charge in [-0.05, 0) is 18.2 Å². The van der Waals surface area contributed by atoms with Crippen LogP contribution in [0.15, 0.2) is 18.2 Å². The Morgan fingerprint density at radius 2 is 1.89 bits per heavy atom. The van der Waals surface area contributed by atoms with Crippen LogP contribution in [0.5, 0.6) is 0 Å². The summed E-state index contributed by atoms with van der Waals surface area (Å²) in [5, 5.41) is 10.0. The van der Waals surface area contributed by atoms with Crippen LogP contribution in [0.4, 0.5) is 23.2 Å². The van der Waals surface area contributed by atoms with Crippen molar-refractivity contribution in [3.05, 3.63) is 29.6 Å². The van der Waals surface area contributed by atoms with Crippen LogP contribution in [0.3, 0.4) is 0 Å². The monoisotopic (exact) mass is 265 g/mol. The summed E-state index contributed by atoms with van der Waals surface area (Å²) >= 11 is 0. The van der Waals surface area contributed by atoms with Crippen LogP contribution < -0.4 is 5.32 Å². The summed E-state index contributed by atoms with van der Waals surface area (Å²) in [5.74, 6) is -3.66. The molecule has 1 amide bonds. The third kappa shape index (κ3) is 3.72. The van der Waals surface area contributed by atoms with E-state index in [2.05, 4.69) is 0 Å². The highest BCUT2D eigenvalue weighted by Crippen LogP contribution is 2.31. The van der Waals surface area contributed by atoms with E-state index in [1.165, 1.54) is 0 Å². The number of amides is 1. The lowest BCUT2D eigenvalue weighted by Crippen LogP contribution is -2.17. The van der Waals surface area contributed by atoms with Crippen molar-refractivity contribution in [2.24, 2.45) is 0 Å². The summed E-state index contributed by atoms with van der Waals surface area (Å²) < 4.78 is 50.1. The number of rotatable bonds is 3. The Morgan fingerprint density at radius 3 is 2.39 bits per heavy atom. The Hall–Kier alpha value is -2.12. The van der Waals surface area contributed by atoms with Crippen LogP contribution in [0.2, 0.25) is 0 Å². The van der Waals surface area contributed by atoms with Gasteiger partial charge in [0, 0.05) is 0 Å². The Bertz CT molecular complexity index is 485. The lowest BCUT2D eigenvalue weighted by Gasteiger charge is -2.10. The predicted molar refractivity (Wildman–Crippen MR) is 52.3 cm³/mol. The Labute approximate surface area is 98.2 Å². The minimum absolute atomic E-state index is 0.398. The van der Waals surface area contributed by atoms with E-state index in [-0.39, 0.29) is 0 Å². The van der Waals surface area contributed by atoms with Crippen LogP contribution in [-0.4, -0.2) is 17.0 Å². The van der Waals surface area contributed by atoms with Crippen LogP contribution in [-0.2, 0) is 15.8 Å². The lowest BCUT2D eigenvalue weighted by molar-refractivity contribution is -0.140. The fraction of sp³-hybridized carbons (Fsp3) is 0.200. The smallest absolute Gasteiger partial charge is 0.416 e. The van der Waals surface area contributed by atoms with Gasteiger partial charge < -0.3 is 10.4 Å². The van der Waals surface area contributed by atoms with Gasteiger partial charge in [0.15, 0.2) is 0 Å². The number of aliphatic carboxylic acids is 1. The molecule has 0 aliphatic heterocycles. The molecule has 0 aliphatic rings. The lowest BCUT2D eigenvalue weighted by atomic mass is 10.2. The summed E-state index contributed by atoms with van der Waals surface area (Å²) in [7, 11) is 0. The number of nitrogens with one attached hydrogen (secondary N) is 1. The Morgan fingerprint density at radius 1 is 1.28 bits per heavy atom. The molecule has 0 spiro atoms. The molecule has 1 aromatic rings. The van der Waals surface area contributed by atoms with E-state index in [1.54, 1.807) is 5.32 Å². The first kappa shape index (κ1) is 13.9. The van der Waals surface area contributed by atoms with Crippen LogP contribution >= 0.6 is 0 Å². The summed E-state index contributed by atoms with van der Waals surface area (Å²) in [6.07, 6.45) is -5.64. The first-order valence-electron chi connectivity index (χ1n) is 4.58. The number of halogens is 4. The van der Waals surface area contributed by atoms with Gasteiger partial charge in [0.05, 0.1) is 11.3 Å². The molecule has 0 aliphatic carbocycles. The molecule has 2 N–H and O–H groups in total. The number of carbonyl (C=O) groups excluding carboxylic acids is 1. The molecule has 0 saturated heterocycles. The van der Waals surface area contributed by atoms with Crippen molar-refractivity contribution in [1.82, 2.24) is 0 Å². The Kier molecular flexibility index (Phi) is 3.89. The summed E-state index contributed by atoms with van der Waals surface area (Å²) in [4.78, 5) is 21.2. The fourth-order valence-electron chi connectivity index (χ4n) is 1.13. The highest BCUT2D eigenvalue weighted by Gasteiger charge is 2.31. The minimum atomic E-state index is -4.68. The number of hydrogen-bond donors (Lipinski definition) is 2. The molecule has 98 valence electrons. The van der Waals surface area contributed by atoms with E-state index in [0.29, 0.717) is 18.2 Å². The van der Waals surface area contributed by atoms with E-state index in [1.807, 2.05) is 0 Å². The highest BCUT2D eigenvalue weighted by molar-refractivity contribution is 6.01. The van der Waals surface area contributed by atoms with Crippen molar-refractivity contribution in [2.75, 3.05) is 5.32 Å². The average Bonchev–Trinajstić information content (AvgIpc) is 2.18. The van der Waals surface area contributed by atoms with Gasteiger partial charge in [0.25, 0.3) is 0 Å². The van der Waals surface area contributed by atoms with Gasteiger partial charge in [-0.15, -0.1) is 0 Å². The van der Waals surface area contributed by atoms with E-state index < -0.39 is 41.5 Å². The van der Waals surface area contributed by atoms with Crippen molar-refractivity contribution in [3.63, 3.8) is 0 Å². The second kappa shape index (κ2) is 5.03. The molecule has 0 heterocycles. The van der Waals surface area contributed by atoms with Gasteiger partial charge >= 0.3 is 12.1 Å². The molecule has 4 nitrogen and oxygen atoms in total. The standard InChI is InChI=1S/C10H7F4NO3/c11-6-2-1-5(10(12,13)14)3-7(6)15-8(16)4-9(17)18/h1-3H,4H2,(H,15,16)(H,17,18). The van der Waals surface area contributed by atoms with Gasteiger partial charge in [0.2, 0.25) is 5.91 Å². The van der Waals surface area contributed by atoms with Crippen molar-refractivity contribution in [1.29, 1.82) is 0 Å². The SMILES string of the molecule is O=C(O)CC(=O)Nc1cc(C(F)(F)F)ccc1F. The zero-order valence-electron chi connectivity index (χ0n) is 8.71. The number of hydrogen-bond acceptors (Lipinski definition) is 2. The normalized spacial score (nSPS) is 11.1. The molecule has 8 heteroatoms. The molecule has 0 aromatic heterocycles. The van der Waals surface area contributed by atoms with Gasteiger partial charge in [0.1, 0.15) is 12.2 Å². The third-order valence-electron chi connectivity index (χ3n) is 1.88. The number of carboxylic acids is 1. The molecular weight excluding hydrogens is 258 g/mol. The topological polar surface area (TPSA) is 66.4 Å². The molecule has 0 atom stereocenters. The molecule has 18 heavy (non-hydrogen) atoms. The van der Waals surface area contributed by atoms with E-state index in [4.69, 9.17) is 5.11 Å². The third-order valence-corrected chi connectivity index (χ3v) is 1.88. The first-order chi connectivity index (χ1) is 8.20. The maximum atomic E-state index is 13.1.